The van der Waals surface area contributed by atoms with Gasteiger partial charge >= 0.3 is 0 Å². The molecule has 0 atom stereocenters. The van der Waals surface area contributed by atoms with Gasteiger partial charge in [0, 0.05) is 13.1 Å². The molecular formula is C9H11N3. The normalized spacial score (nSPS) is 9.17. The summed E-state index contributed by atoms with van der Waals surface area (Å²) in [5.74, 6) is 0. The third-order valence-electron chi connectivity index (χ3n) is 1.47. The number of rotatable bonds is 1. The van der Waals surface area contributed by atoms with E-state index in [1.165, 1.54) is 5.57 Å². The van der Waals surface area contributed by atoms with E-state index in [9.17, 15) is 0 Å². The average molecular weight is 161 g/mol. The molecule has 0 aliphatic rings. The van der Waals surface area contributed by atoms with Crippen LogP contribution in [0.25, 0.3) is 6.08 Å². The van der Waals surface area contributed by atoms with Crippen molar-refractivity contribution in [3.63, 3.8) is 0 Å². The Hall–Kier alpha value is -1.56. The lowest BCUT2D eigenvalue weighted by atomic mass is 10.2. The van der Waals surface area contributed by atoms with Crippen LogP contribution in [-0.4, -0.2) is 9.78 Å². The Balaban J connectivity index is 3.10. The van der Waals surface area contributed by atoms with E-state index >= 15 is 0 Å². The van der Waals surface area contributed by atoms with Gasteiger partial charge in [0.2, 0.25) is 0 Å². The molecule has 0 saturated carbocycles. The molecule has 0 unspecified atom stereocenters. The first-order chi connectivity index (χ1) is 5.63. The highest BCUT2D eigenvalue weighted by atomic mass is 15.3. The molecule has 0 saturated heterocycles. The number of aryl methyl sites for hydroxylation is 1. The molecule has 0 spiro atoms. The van der Waals surface area contributed by atoms with Gasteiger partial charge in [-0.1, -0.05) is 5.57 Å². The monoisotopic (exact) mass is 161 g/mol. The molecule has 3 nitrogen and oxygen atoms in total. The number of nitrogens with zero attached hydrogens (tertiary/aromatic N) is 3. The van der Waals surface area contributed by atoms with Crippen LogP contribution in [0.2, 0.25) is 0 Å². The second-order valence-electron chi connectivity index (χ2n) is 2.91. The van der Waals surface area contributed by atoms with E-state index in [1.54, 1.807) is 10.7 Å². The van der Waals surface area contributed by atoms with Crippen molar-refractivity contribution in [3.8, 4) is 6.07 Å². The van der Waals surface area contributed by atoms with Crippen molar-refractivity contribution in [2.24, 2.45) is 7.05 Å². The fraction of sp³-hybridized carbons (Fsp3) is 0.333. The third kappa shape index (κ3) is 1.73. The molecule has 12 heavy (non-hydrogen) atoms. The molecule has 1 rings (SSSR count). The molecule has 0 amide bonds. The highest BCUT2D eigenvalue weighted by molar-refractivity contribution is 5.49. The van der Waals surface area contributed by atoms with Crippen LogP contribution in [0.1, 0.15) is 25.2 Å². The zero-order valence-corrected chi connectivity index (χ0v) is 7.50. The van der Waals surface area contributed by atoms with Gasteiger partial charge in [-0.2, -0.15) is 10.4 Å². The molecule has 1 aromatic rings. The summed E-state index contributed by atoms with van der Waals surface area (Å²) in [4.78, 5) is 0. The van der Waals surface area contributed by atoms with Crippen LogP contribution in [0.15, 0.2) is 11.6 Å². The van der Waals surface area contributed by atoms with Crippen molar-refractivity contribution >= 4 is 6.08 Å². The number of nitriles is 1. The zero-order chi connectivity index (χ0) is 9.14. The van der Waals surface area contributed by atoms with Crippen LogP contribution in [0.3, 0.4) is 0 Å². The Bertz CT molecular complexity index is 348. The van der Waals surface area contributed by atoms with Crippen LogP contribution in [0.4, 0.5) is 0 Å². The molecular weight excluding hydrogens is 150 g/mol. The predicted molar refractivity (Wildman–Crippen MR) is 47.2 cm³/mol. The van der Waals surface area contributed by atoms with Crippen molar-refractivity contribution in [1.29, 1.82) is 5.26 Å². The number of hydrogen-bond acceptors (Lipinski definition) is 2. The summed E-state index contributed by atoms with van der Waals surface area (Å²) >= 11 is 0. The molecule has 0 N–H and O–H groups in total. The van der Waals surface area contributed by atoms with Crippen LogP contribution in [0.5, 0.6) is 0 Å². The maximum absolute atomic E-state index is 8.56. The van der Waals surface area contributed by atoms with Crippen molar-refractivity contribution in [2.75, 3.05) is 0 Å². The first-order valence-electron chi connectivity index (χ1n) is 3.72. The molecule has 62 valence electrons. The summed E-state index contributed by atoms with van der Waals surface area (Å²) in [5, 5.41) is 12.6. The lowest BCUT2D eigenvalue weighted by Crippen LogP contribution is -1.93. The summed E-state index contributed by atoms with van der Waals surface area (Å²) in [7, 11) is 1.83. The summed E-state index contributed by atoms with van der Waals surface area (Å²) < 4.78 is 1.70. The maximum atomic E-state index is 8.56. The highest BCUT2D eigenvalue weighted by Gasteiger charge is 2.00. The van der Waals surface area contributed by atoms with Gasteiger partial charge < -0.3 is 0 Å². The molecule has 0 aliphatic carbocycles. The highest BCUT2D eigenvalue weighted by Crippen LogP contribution is 2.06. The Kier molecular flexibility index (Phi) is 2.29. The van der Waals surface area contributed by atoms with Gasteiger partial charge in [-0.15, -0.1) is 0 Å². The second kappa shape index (κ2) is 3.22. The fourth-order valence-electron chi connectivity index (χ4n) is 0.967. The second-order valence-corrected chi connectivity index (χ2v) is 2.91. The van der Waals surface area contributed by atoms with Gasteiger partial charge in [0.15, 0.2) is 5.69 Å². The Morgan fingerprint density at radius 2 is 2.33 bits per heavy atom. The third-order valence-corrected chi connectivity index (χ3v) is 1.47. The smallest absolute Gasteiger partial charge is 0.163 e. The minimum absolute atomic E-state index is 0.463. The van der Waals surface area contributed by atoms with Crippen LogP contribution < -0.4 is 0 Å². The van der Waals surface area contributed by atoms with E-state index in [-0.39, 0.29) is 0 Å². The first kappa shape index (κ1) is 8.54. The molecule has 0 aliphatic heterocycles. The van der Waals surface area contributed by atoms with Gasteiger partial charge in [-0.25, -0.2) is 0 Å². The van der Waals surface area contributed by atoms with E-state index in [2.05, 4.69) is 5.10 Å². The lowest BCUT2D eigenvalue weighted by molar-refractivity contribution is 0.755. The lowest BCUT2D eigenvalue weighted by Gasteiger charge is -1.93. The summed E-state index contributed by atoms with van der Waals surface area (Å²) in [6, 6.07) is 3.77. The van der Waals surface area contributed by atoms with Crippen LogP contribution in [-0.2, 0) is 7.05 Å². The summed E-state index contributed by atoms with van der Waals surface area (Å²) in [5.41, 5.74) is 2.62. The molecule has 1 heterocycles. The Morgan fingerprint density at radius 1 is 1.67 bits per heavy atom. The minimum atomic E-state index is 0.463. The Labute approximate surface area is 71.9 Å². The predicted octanol–water partition coefficient (Wildman–Crippen LogP) is 1.71. The van der Waals surface area contributed by atoms with E-state index in [0.29, 0.717) is 5.69 Å². The Morgan fingerprint density at radius 3 is 2.75 bits per heavy atom. The first-order valence-corrected chi connectivity index (χ1v) is 3.72. The van der Waals surface area contributed by atoms with Gasteiger partial charge in [0.05, 0.1) is 5.69 Å². The zero-order valence-electron chi connectivity index (χ0n) is 7.50. The molecule has 0 radical (unpaired) electrons. The number of allylic oxidation sites excluding steroid dienone is 1. The average Bonchev–Trinajstić information content (AvgIpc) is 2.31. The fourth-order valence-corrected chi connectivity index (χ4v) is 0.967. The quantitative estimate of drug-likeness (QED) is 0.629. The number of aromatic nitrogens is 2. The molecule has 0 fully saturated rings. The minimum Gasteiger partial charge on any atom is -0.267 e. The topological polar surface area (TPSA) is 41.6 Å². The van der Waals surface area contributed by atoms with Crippen LogP contribution >= 0.6 is 0 Å². The SMILES string of the molecule is CC(C)=Cc1cc(C#N)nn1C. The standard InChI is InChI=1S/C9H11N3/c1-7(2)4-9-5-8(6-10)11-12(9)3/h4-5H,1-3H3. The van der Waals surface area contributed by atoms with Crippen molar-refractivity contribution < 1.29 is 0 Å². The molecule has 3 heteroatoms. The van der Waals surface area contributed by atoms with Crippen LogP contribution in [0, 0.1) is 11.3 Å². The largest absolute Gasteiger partial charge is 0.267 e. The molecule has 0 bridgehead atoms. The van der Waals surface area contributed by atoms with E-state index < -0.39 is 0 Å². The van der Waals surface area contributed by atoms with Gasteiger partial charge in [-0.3, -0.25) is 4.68 Å². The summed E-state index contributed by atoms with van der Waals surface area (Å²) in [6.07, 6.45) is 1.99. The van der Waals surface area contributed by atoms with Crippen molar-refractivity contribution in [3.05, 3.63) is 23.0 Å². The van der Waals surface area contributed by atoms with Gasteiger partial charge in [-0.05, 0) is 19.9 Å². The summed E-state index contributed by atoms with van der Waals surface area (Å²) in [6.45, 7) is 4.03. The van der Waals surface area contributed by atoms with Crippen molar-refractivity contribution in [2.45, 2.75) is 13.8 Å². The van der Waals surface area contributed by atoms with E-state index in [1.807, 2.05) is 33.0 Å². The number of hydrogen-bond donors (Lipinski definition) is 0. The molecule has 1 aromatic heterocycles. The van der Waals surface area contributed by atoms with E-state index in [0.717, 1.165) is 5.69 Å². The van der Waals surface area contributed by atoms with Gasteiger partial charge in [0.1, 0.15) is 6.07 Å². The molecule has 0 aromatic carbocycles. The van der Waals surface area contributed by atoms with Crippen molar-refractivity contribution in [1.82, 2.24) is 9.78 Å². The van der Waals surface area contributed by atoms with E-state index in [4.69, 9.17) is 5.26 Å². The van der Waals surface area contributed by atoms with Gasteiger partial charge in [0.25, 0.3) is 0 Å². The maximum Gasteiger partial charge on any atom is 0.163 e.